The zero-order valence-corrected chi connectivity index (χ0v) is 14.7. The fourth-order valence-corrected chi connectivity index (χ4v) is 4.07. The third kappa shape index (κ3) is 1.75. The van der Waals surface area contributed by atoms with Gasteiger partial charge in [0, 0.05) is 17.0 Å². The number of benzene rings is 2. The minimum absolute atomic E-state index is 0.0202. The molecular formula is C20H14O8. The third-order valence-corrected chi connectivity index (χ3v) is 5.45. The van der Waals surface area contributed by atoms with E-state index in [-0.39, 0.29) is 30.3 Å². The number of Topliss-reactive ketones (excluding diaryl/α,β-unsaturated/α-hetero) is 1. The number of methoxy groups -OCH3 is 1. The monoisotopic (exact) mass is 382 g/mol. The highest BCUT2D eigenvalue weighted by Crippen LogP contribution is 2.52. The molecule has 4 heterocycles. The molecule has 0 unspecified atom stereocenters. The number of ether oxygens (including phenoxy) is 5. The Hall–Kier alpha value is -3.39. The van der Waals surface area contributed by atoms with Gasteiger partial charge in [0.05, 0.1) is 18.9 Å². The average molecular weight is 382 g/mol. The van der Waals surface area contributed by atoms with Crippen LogP contribution in [0, 0.1) is 0 Å². The molecule has 0 saturated heterocycles. The van der Waals surface area contributed by atoms with Crippen LogP contribution in [0.4, 0.5) is 0 Å². The van der Waals surface area contributed by atoms with E-state index in [1.165, 1.54) is 13.4 Å². The second-order valence-electron chi connectivity index (χ2n) is 6.84. The molecule has 6 rings (SSSR count). The van der Waals surface area contributed by atoms with Crippen LogP contribution in [-0.2, 0) is 5.60 Å². The molecular weight excluding hydrogens is 368 g/mol. The Bertz CT molecular complexity index is 1160. The lowest BCUT2D eigenvalue weighted by atomic mass is 9.77. The maximum atomic E-state index is 13.5. The Morgan fingerprint density at radius 3 is 2.79 bits per heavy atom. The van der Waals surface area contributed by atoms with Gasteiger partial charge in [-0.05, 0) is 18.2 Å². The van der Waals surface area contributed by atoms with E-state index in [2.05, 4.69) is 0 Å². The highest BCUT2D eigenvalue weighted by Gasteiger charge is 2.57. The van der Waals surface area contributed by atoms with E-state index in [9.17, 15) is 9.90 Å². The molecule has 28 heavy (non-hydrogen) atoms. The first kappa shape index (κ1) is 15.6. The van der Waals surface area contributed by atoms with Crippen LogP contribution in [0.25, 0.3) is 11.0 Å². The summed E-state index contributed by atoms with van der Waals surface area (Å²) in [7, 11) is 1.47. The maximum absolute atomic E-state index is 13.5. The topological polar surface area (TPSA) is 96.6 Å². The summed E-state index contributed by atoms with van der Waals surface area (Å²) in [6.07, 6.45) is 0.547. The van der Waals surface area contributed by atoms with Crippen molar-refractivity contribution in [3.63, 3.8) is 0 Å². The first-order chi connectivity index (χ1) is 13.6. The highest BCUT2D eigenvalue weighted by molar-refractivity contribution is 6.10. The predicted octanol–water partition coefficient (Wildman–Crippen LogP) is 2.39. The Kier molecular flexibility index (Phi) is 2.85. The Morgan fingerprint density at radius 1 is 1.14 bits per heavy atom. The second-order valence-corrected chi connectivity index (χ2v) is 6.84. The lowest BCUT2D eigenvalue weighted by molar-refractivity contribution is -0.0805. The van der Waals surface area contributed by atoms with Crippen LogP contribution in [0.1, 0.15) is 15.9 Å². The zero-order valence-electron chi connectivity index (χ0n) is 14.7. The molecule has 2 atom stereocenters. The Balaban J connectivity index is 1.59. The largest absolute Gasteiger partial charge is 0.490 e. The molecule has 0 bridgehead atoms. The van der Waals surface area contributed by atoms with Crippen LogP contribution in [-0.4, -0.2) is 37.5 Å². The van der Waals surface area contributed by atoms with E-state index in [0.717, 1.165) is 0 Å². The summed E-state index contributed by atoms with van der Waals surface area (Å²) in [5.74, 6) is 1.36. The molecule has 3 aliphatic rings. The number of hydrogen-bond donors (Lipinski definition) is 1. The minimum atomic E-state index is -1.93. The van der Waals surface area contributed by atoms with Gasteiger partial charge in [0.2, 0.25) is 18.3 Å². The average Bonchev–Trinajstić information content (AvgIpc) is 3.35. The highest BCUT2D eigenvalue weighted by atomic mass is 16.7. The van der Waals surface area contributed by atoms with E-state index < -0.39 is 17.5 Å². The van der Waals surface area contributed by atoms with E-state index in [4.69, 9.17) is 28.1 Å². The number of aliphatic hydroxyl groups is 1. The molecule has 8 nitrogen and oxygen atoms in total. The number of fused-ring (bicyclic) bond motifs is 6. The van der Waals surface area contributed by atoms with E-state index in [1.807, 2.05) is 0 Å². The third-order valence-electron chi connectivity index (χ3n) is 5.45. The summed E-state index contributed by atoms with van der Waals surface area (Å²) in [4.78, 5) is 13.5. The maximum Gasteiger partial charge on any atom is 0.231 e. The van der Waals surface area contributed by atoms with Gasteiger partial charge in [-0.15, -0.1) is 0 Å². The Labute approximate surface area is 158 Å². The zero-order chi connectivity index (χ0) is 19.0. The first-order valence-electron chi connectivity index (χ1n) is 8.70. The fraction of sp³-hybridized carbons (Fsp3) is 0.250. The number of hydrogen-bond acceptors (Lipinski definition) is 8. The lowest BCUT2D eigenvalue weighted by Gasteiger charge is -2.43. The van der Waals surface area contributed by atoms with E-state index >= 15 is 0 Å². The van der Waals surface area contributed by atoms with Crippen molar-refractivity contribution in [2.45, 2.75) is 11.7 Å². The molecule has 3 aromatic rings. The van der Waals surface area contributed by atoms with Crippen LogP contribution >= 0.6 is 0 Å². The van der Waals surface area contributed by atoms with Gasteiger partial charge in [-0.3, -0.25) is 4.79 Å². The number of rotatable bonds is 1. The normalized spacial score (nSPS) is 24.1. The SMILES string of the molecule is COc1c2c(cc3ccoc13)C(=O)[C@@]1(O)c3cc4c(cc3OC[C@@H]1O2)OCO4. The number of ketones is 1. The van der Waals surface area contributed by atoms with E-state index in [1.54, 1.807) is 24.3 Å². The van der Waals surface area contributed by atoms with Crippen LogP contribution in [0.5, 0.6) is 28.7 Å². The van der Waals surface area contributed by atoms with Gasteiger partial charge in [-0.25, -0.2) is 0 Å². The van der Waals surface area contributed by atoms with Crippen molar-refractivity contribution in [2.75, 3.05) is 20.5 Å². The molecule has 1 N–H and O–H groups in total. The van der Waals surface area contributed by atoms with Crippen LogP contribution in [0.2, 0.25) is 0 Å². The minimum Gasteiger partial charge on any atom is -0.490 e. The molecule has 1 aromatic heterocycles. The van der Waals surface area contributed by atoms with Crippen molar-refractivity contribution in [3.8, 4) is 28.7 Å². The van der Waals surface area contributed by atoms with Gasteiger partial charge in [0.1, 0.15) is 12.4 Å². The Morgan fingerprint density at radius 2 is 1.96 bits per heavy atom. The van der Waals surface area contributed by atoms with Crippen LogP contribution in [0.3, 0.4) is 0 Å². The van der Waals surface area contributed by atoms with Crippen molar-refractivity contribution in [1.82, 2.24) is 0 Å². The molecule has 2 aromatic carbocycles. The molecule has 0 radical (unpaired) electrons. The number of carbonyl (C=O) groups is 1. The van der Waals surface area contributed by atoms with Crippen molar-refractivity contribution in [2.24, 2.45) is 0 Å². The number of furan rings is 1. The van der Waals surface area contributed by atoms with Gasteiger partial charge >= 0.3 is 0 Å². The van der Waals surface area contributed by atoms with Crippen LogP contribution < -0.4 is 23.7 Å². The molecule has 0 fully saturated rings. The van der Waals surface area contributed by atoms with Gasteiger partial charge in [-0.2, -0.15) is 0 Å². The van der Waals surface area contributed by atoms with Crippen molar-refractivity contribution >= 4 is 16.8 Å². The molecule has 3 aliphatic heterocycles. The van der Waals surface area contributed by atoms with Crippen molar-refractivity contribution < 1.29 is 38.0 Å². The van der Waals surface area contributed by atoms with Gasteiger partial charge in [0.15, 0.2) is 34.5 Å². The summed E-state index contributed by atoms with van der Waals surface area (Å²) >= 11 is 0. The molecule has 0 amide bonds. The van der Waals surface area contributed by atoms with Gasteiger partial charge in [0.25, 0.3) is 0 Å². The van der Waals surface area contributed by atoms with Crippen molar-refractivity contribution in [3.05, 3.63) is 41.7 Å². The summed E-state index contributed by atoms with van der Waals surface area (Å²) in [6, 6.07) is 6.55. The molecule has 0 saturated carbocycles. The summed E-state index contributed by atoms with van der Waals surface area (Å²) < 4.78 is 33.5. The standard InChI is InChI=1S/C20H14O8/c1-23-18-16-9(2-3-24-16)4-10-17(18)28-15-7-25-12-6-14-13(26-8-27-14)5-11(12)20(15,22)19(10)21/h2-6,15,22H,7-8H2,1H3/t15-,20+/m0/s1. The van der Waals surface area contributed by atoms with E-state index in [0.29, 0.717) is 34.0 Å². The van der Waals surface area contributed by atoms with Crippen molar-refractivity contribution in [1.29, 1.82) is 0 Å². The molecule has 0 aliphatic carbocycles. The number of carbonyl (C=O) groups excluding carboxylic acids is 1. The summed E-state index contributed by atoms with van der Waals surface area (Å²) in [6.45, 7) is 0.0523. The summed E-state index contributed by atoms with van der Waals surface area (Å²) in [5.41, 5.74) is -0.950. The lowest BCUT2D eigenvalue weighted by Crippen LogP contribution is -2.57. The molecule has 8 heteroatoms. The first-order valence-corrected chi connectivity index (χ1v) is 8.70. The molecule has 0 spiro atoms. The molecule has 142 valence electrons. The quantitative estimate of drug-likeness (QED) is 0.685. The van der Waals surface area contributed by atoms with Crippen LogP contribution in [0.15, 0.2) is 34.9 Å². The fourth-order valence-electron chi connectivity index (χ4n) is 4.07. The van der Waals surface area contributed by atoms with Gasteiger partial charge < -0.3 is 33.2 Å². The predicted molar refractivity (Wildman–Crippen MR) is 93.5 cm³/mol. The van der Waals surface area contributed by atoms with Gasteiger partial charge in [-0.1, -0.05) is 0 Å². The smallest absolute Gasteiger partial charge is 0.231 e. The summed E-state index contributed by atoms with van der Waals surface area (Å²) in [5, 5.41) is 12.2. The second kappa shape index (κ2) is 5.11.